The van der Waals surface area contributed by atoms with E-state index in [1.165, 1.54) is 30.3 Å². The molecule has 2 aromatic rings. The van der Waals surface area contributed by atoms with Gasteiger partial charge in [0.1, 0.15) is 10.5 Å². The van der Waals surface area contributed by atoms with E-state index in [4.69, 9.17) is 21.7 Å². The lowest BCUT2D eigenvalue weighted by atomic mass is 9.94. The number of pyridine rings is 1. The number of carbonyl (C=O) groups excluding carboxylic acids is 1. The van der Waals surface area contributed by atoms with E-state index in [9.17, 15) is 14.9 Å². The molecule has 33 heavy (non-hydrogen) atoms. The van der Waals surface area contributed by atoms with E-state index in [-0.39, 0.29) is 23.5 Å². The number of hydrogen-bond acceptors (Lipinski definition) is 8. The van der Waals surface area contributed by atoms with Gasteiger partial charge in [-0.25, -0.2) is 4.98 Å². The van der Waals surface area contributed by atoms with E-state index in [1.54, 1.807) is 17.0 Å². The third-order valence-electron chi connectivity index (χ3n) is 5.47. The Hall–Kier alpha value is -2.98. The van der Waals surface area contributed by atoms with E-state index in [1.807, 2.05) is 19.1 Å². The molecule has 0 atom stereocenters. The molecule has 1 saturated heterocycles. The highest BCUT2D eigenvalue weighted by molar-refractivity contribution is 8.26. The van der Waals surface area contributed by atoms with Crippen molar-refractivity contribution in [2.24, 2.45) is 0 Å². The molecular weight excluding hydrogens is 462 g/mol. The van der Waals surface area contributed by atoms with Gasteiger partial charge in [0.2, 0.25) is 5.88 Å². The molecule has 8 nitrogen and oxygen atoms in total. The molecule has 1 amide bonds. The van der Waals surface area contributed by atoms with Crippen LogP contribution in [0.25, 0.3) is 6.08 Å². The van der Waals surface area contributed by atoms with Crippen LogP contribution in [0.4, 0.5) is 5.69 Å². The zero-order valence-corrected chi connectivity index (χ0v) is 19.7. The molecular formula is C23H23N3O5S2. The predicted octanol–water partition coefficient (Wildman–Crippen LogP) is 5.71. The number of aromatic nitrogens is 1. The molecule has 1 aromatic carbocycles. The number of nitrogens with zero attached hydrogens (tertiary/aromatic N) is 3. The minimum absolute atomic E-state index is 0.0368. The van der Waals surface area contributed by atoms with Crippen LogP contribution in [-0.2, 0) is 4.79 Å². The Labute approximate surface area is 201 Å². The Morgan fingerprint density at radius 1 is 1.24 bits per heavy atom. The van der Waals surface area contributed by atoms with Crippen molar-refractivity contribution in [3.8, 4) is 17.4 Å². The van der Waals surface area contributed by atoms with Crippen molar-refractivity contribution in [1.82, 2.24) is 9.88 Å². The smallest absolute Gasteiger partial charge is 0.287 e. The van der Waals surface area contributed by atoms with Crippen LogP contribution in [0.2, 0.25) is 0 Å². The maximum Gasteiger partial charge on any atom is 0.287 e. The minimum Gasteiger partial charge on any atom is -0.490 e. The number of carbonyl (C=O) groups is 1. The molecule has 0 spiro atoms. The molecule has 10 heteroatoms. The second-order valence-electron chi connectivity index (χ2n) is 7.70. The number of benzene rings is 1. The van der Waals surface area contributed by atoms with Crippen LogP contribution >= 0.6 is 24.0 Å². The molecule has 1 saturated carbocycles. The third-order valence-corrected chi connectivity index (χ3v) is 6.81. The Morgan fingerprint density at radius 2 is 2.03 bits per heavy atom. The monoisotopic (exact) mass is 485 g/mol. The van der Waals surface area contributed by atoms with Gasteiger partial charge in [-0.1, -0.05) is 49.3 Å². The first kappa shape index (κ1) is 23.2. The van der Waals surface area contributed by atoms with E-state index < -0.39 is 4.92 Å². The summed E-state index contributed by atoms with van der Waals surface area (Å²) in [7, 11) is 0. The Kier molecular flexibility index (Phi) is 7.24. The number of rotatable bonds is 7. The molecule has 1 aliphatic heterocycles. The Balaban J connectivity index is 1.54. The van der Waals surface area contributed by atoms with Gasteiger partial charge in [0.15, 0.2) is 11.5 Å². The van der Waals surface area contributed by atoms with Crippen LogP contribution in [0.5, 0.6) is 17.4 Å². The van der Waals surface area contributed by atoms with Gasteiger partial charge >= 0.3 is 0 Å². The Bertz CT molecular complexity index is 1100. The highest BCUT2D eigenvalue weighted by Gasteiger charge is 2.37. The van der Waals surface area contributed by atoms with Crippen molar-refractivity contribution >= 4 is 46.0 Å². The van der Waals surface area contributed by atoms with Gasteiger partial charge in [-0.3, -0.25) is 19.8 Å². The van der Waals surface area contributed by atoms with Crippen LogP contribution in [0.15, 0.2) is 41.4 Å². The summed E-state index contributed by atoms with van der Waals surface area (Å²) in [5, 5.41) is 10.8. The zero-order chi connectivity index (χ0) is 23.4. The van der Waals surface area contributed by atoms with Crippen molar-refractivity contribution in [2.45, 2.75) is 45.1 Å². The van der Waals surface area contributed by atoms with E-state index in [2.05, 4.69) is 4.98 Å². The van der Waals surface area contributed by atoms with E-state index in [0.29, 0.717) is 27.3 Å². The molecule has 4 rings (SSSR count). The van der Waals surface area contributed by atoms with E-state index >= 15 is 0 Å². The molecule has 172 valence electrons. The number of nitro groups is 1. The number of ether oxygens (including phenoxy) is 2. The van der Waals surface area contributed by atoms with Gasteiger partial charge in [0.25, 0.3) is 11.6 Å². The predicted molar refractivity (Wildman–Crippen MR) is 130 cm³/mol. The summed E-state index contributed by atoms with van der Waals surface area (Å²) in [5.41, 5.74) is 0.667. The SMILES string of the molecule is CCOc1cc(/C=C2/SC(=S)N(C3CCCCC3)C2=O)ccc1Oc1ccc([N+](=O)[O-])cn1. The van der Waals surface area contributed by atoms with Gasteiger partial charge in [-0.2, -0.15) is 0 Å². The molecule has 2 aliphatic rings. The zero-order valence-electron chi connectivity index (χ0n) is 18.1. The molecule has 1 aliphatic carbocycles. The lowest BCUT2D eigenvalue weighted by Gasteiger charge is -2.29. The summed E-state index contributed by atoms with van der Waals surface area (Å²) in [4.78, 5) is 29.7. The van der Waals surface area contributed by atoms with Crippen molar-refractivity contribution in [1.29, 1.82) is 0 Å². The number of amides is 1. The normalized spacial score (nSPS) is 18.1. The first-order chi connectivity index (χ1) is 16.0. The minimum atomic E-state index is -0.520. The standard InChI is InChI=1S/C23H23N3O5S2/c1-2-30-19-12-15(8-10-18(19)31-21-11-9-17(14-24-21)26(28)29)13-20-22(27)25(23(32)33-20)16-6-4-3-5-7-16/h8-14,16H,2-7H2,1H3/b20-13+. The largest absolute Gasteiger partial charge is 0.490 e. The van der Waals surface area contributed by atoms with Gasteiger partial charge in [0, 0.05) is 18.2 Å². The number of thioether (sulfide) groups is 1. The fraction of sp³-hybridized carbons (Fsp3) is 0.348. The number of thiocarbonyl (C=S) groups is 1. The molecule has 0 N–H and O–H groups in total. The Morgan fingerprint density at radius 3 is 2.70 bits per heavy atom. The quantitative estimate of drug-likeness (QED) is 0.213. The van der Waals surface area contributed by atoms with Crippen molar-refractivity contribution < 1.29 is 19.2 Å². The average Bonchev–Trinajstić information content (AvgIpc) is 3.09. The molecule has 2 heterocycles. The van der Waals surface area contributed by atoms with Crippen LogP contribution in [-0.4, -0.2) is 37.7 Å². The van der Waals surface area contributed by atoms with Crippen molar-refractivity contribution in [3.05, 3.63) is 57.1 Å². The summed E-state index contributed by atoms with van der Waals surface area (Å²) < 4.78 is 12.1. The summed E-state index contributed by atoms with van der Waals surface area (Å²) in [6.07, 6.45) is 8.42. The van der Waals surface area contributed by atoms with Gasteiger partial charge in [0.05, 0.1) is 16.4 Å². The molecule has 0 unspecified atom stereocenters. The van der Waals surface area contributed by atoms with Gasteiger partial charge in [-0.05, 0) is 43.5 Å². The van der Waals surface area contributed by atoms with Crippen molar-refractivity contribution in [2.75, 3.05) is 6.61 Å². The second kappa shape index (κ2) is 10.3. The van der Waals surface area contributed by atoms with Crippen LogP contribution in [0.3, 0.4) is 0 Å². The topological polar surface area (TPSA) is 94.8 Å². The highest BCUT2D eigenvalue weighted by Crippen LogP contribution is 2.39. The number of hydrogen-bond donors (Lipinski definition) is 0. The fourth-order valence-corrected chi connectivity index (χ4v) is 5.31. The second-order valence-corrected chi connectivity index (χ2v) is 9.37. The van der Waals surface area contributed by atoms with Crippen LogP contribution in [0.1, 0.15) is 44.6 Å². The van der Waals surface area contributed by atoms with Crippen LogP contribution < -0.4 is 9.47 Å². The first-order valence-corrected chi connectivity index (χ1v) is 12.0. The molecule has 2 fully saturated rings. The average molecular weight is 486 g/mol. The van der Waals surface area contributed by atoms with Crippen LogP contribution in [0, 0.1) is 10.1 Å². The fourth-order valence-electron chi connectivity index (χ4n) is 3.91. The van der Waals surface area contributed by atoms with Crippen molar-refractivity contribution in [3.63, 3.8) is 0 Å². The first-order valence-electron chi connectivity index (χ1n) is 10.8. The third kappa shape index (κ3) is 5.33. The lowest BCUT2D eigenvalue weighted by Crippen LogP contribution is -2.39. The summed E-state index contributed by atoms with van der Waals surface area (Å²) in [6.45, 7) is 2.27. The maximum absolute atomic E-state index is 13.1. The summed E-state index contributed by atoms with van der Waals surface area (Å²) in [6, 6.07) is 8.28. The van der Waals surface area contributed by atoms with E-state index in [0.717, 1.165) is 37.4 Å². The van der Waals surface area contributed by atoms with Gasteiger partial charge in [-0.15, -0.1) is 0 Å². The molecule has 1 aromatic heterocycles. The maximum atomic E-state index is 13.1. The lowest BCUT2D eigenvalue weighted by molar-refractivity contribution is -0.385. The molecule has 0 radical (unpaired) electrons. The molecule has 0 bridgehead atoms. The summed E-state index contributed by atoms with van der Waals surface area (Å²) >= 11 is 6.84. The van der Waals surface area contributed by atoms with Gasteiger partial charge < -0.3 is 9.47 Å². The summed E-state index contributed by atoms with van der Waals surface area (Å²) in [5.74, 6) is 1.08. The highest BCUT2D eigenvalue weighted by atomic mass is 32.2.